The Labute approximate surface area is 238 Å². The minimum absolute atomic E-state index is 0.195. The number of aliphatic hydroxyl groups is 1. The lowest BCUT2D eigenvalue weighted by atomic mass is 10.2. The number of rotatable bonds is 7. The molecule has 222 valence electrons. The number of hydrogen-bond donors (Lipinski definition) is 5. The van der Waals surface area contributed by atoms with Crippen LogP contribution >= 0.6 is 27.3 Å². The minimum atomic E-state index is -5.08. The summed E-state index contributed by atoms with van der Waals surface area (Å²) in [4.78, 5) is 34.0. The van der Waals surface area contributed by atoms with Gasteiger partial charge in [-0.15, -0.1) is 11.3 Å². The number of benzene rings is 1. The fraction of sp³-hybridized carbons (Fsp3) is 0.227. The molecular formula is C22H18BrF6N5O6S. The molecule has 0 spiro atoms. The van der Waals surface area contributed by atoms with Gasteiger partial charge in [0.15, 0.2) is 10.8 Å². The number of aliphatic hydroxyl groups excluding tert-OH is 1. The summed E-state index contributed by atoms with van der Waals surface area (Å²) in [7, 11) is 0. The summed E-state index contributed by atoms with van der Waals surface area (Å²) in [5.74, 6) is -4.08. The number of anilines is 1. The first kappa shape index (κ1) is 33.2. The van der Waals surface area contributed by atoms with E-state index in [1.807, 2.05) is 35.7 Å². The fourth-order valence-electron chi connectivity index (χ4n) is 2.48. The van der Waals surface area contributed by atoms with Crippen LogP contribution in [0.5, 0.6) is 5.75 Å². The number of nitrogens with one attached hydrogen (secondary N) is 2. The smallest absolute Gasteiger partial charge is 0.490 e. The standard InChI is InChI=1S/C18H16BrN5O2S.2C2HF3O2/c19-12-7-15-17(21-8-12)24-16(23-15)11-1-3-14(4-2-11)26-10-13(25)9-22-18-20-5-6-27-18;2*3-2(4,5)1(6)7/h1-8,13,25H,9-10H2,(H,20,22)(H,21,23,24);2*(H,6,7). The number of fused-ring (bicyclic) bond motifs is 1. The quantitative estimate of drug-likeness (QED) is 0.169. The average molecular weight is 674 g/mol. The molecule has 0 aliphatic carbocycles. The van der Waals surface area contributed by atoms with Crippen molar-refractivity contribution in [3.8, 4) is 17.1 Å². The Morgan fingerprint density at radius 1 is 1.05 bits per heavy atom. The third kappa shape index (κ3) is 11.6. The zero-order valence-electron chi connectivity index (χ0n) is 20.1. The lowest BCUT2D eigenvalue weighted by molar-refractivity contribution is -0.193. The molecule has 11 nitrogen and oxygen atoms in total. The highest BCUT2D eigenvalue weighted by Crippen LogP contribution is 2.23. The van der Waals surface area contributed by atoms with E-state index in [9.17, 15) is 31.4 Å². The van der Waals surface area contributed by atoms with Crippen LogP contribution in [0, 0.1) is 0 Å². The van der Waals surface area contributed by atoms with Crippen LogP contribution in [0.4, 0.5) is 31.5 Å². The van der Waals surface area contributed by atoms with Gasteiger partial charge in [0.25, 0.3) is 0 Å². The summed E-state index contributed by atoms with van der Waals surface area (Å²) in [6.07, 6.45) is -7.35. The molecule has 4 aromatic rings. The van der Waals surface area contributed by atoms with Crippen molar-refractivity contribution >= 4 is 55.5 Å². The van der Waals surface area contributed by atoms with Crippen molar-refractivity contribution in [2.45, 2.75) is 18.5 Å². The van der Waals surface area contributed by atoms with E-state index in [1.165, 1.54) is 11.3 Å². The molecule has 0 fully saturated rings. The lowest BCUT2D eigenvalue weighted by Gasteiger charge is -2.13. The second-order valence-electron chi connectivity index (χ2n) is 7.42. The van der Waals surface area contributed by atoms with Gasteiger partial charge in [0.05, 0.1) is 0 Å². The molecule has 0 saturated heterocycles. The van der Waals surface area contributed by atoms with Gasteiger partial charge in [0, 0.05) is 34.4 Å². The SMILES string of the molecule is O=C(O)C(F)(F)F.O=C(O)C(F)(F)F.OC(CNc1nccs1)COc1ccc(-c2nc3cc(Br)cnc3[nH]2)cc1. The summed E-state index contributed by atoms with van der Waals surface area (Å²) in [6, 6.07) is 9.46. The first-order chi connectivity index (χ1) is 19.1. The van der Waals surface area contributed by atoms with Crippen LogP contribution in [0.25, 0.3) is 22.6 Å². The Balaban J connectivity index is 0.000000349. The van der Waals surface area contributed by atoms with Gasteiger partial charge >= 0.3 is 24.3 Å². The number of carboxylic acid groups (broad SMARTS) is 2. The number of pyridine rings is 1. The molecule has 4 rings (SSSR count). The third-order valence-electron chi connectivity index (χ3n) is 4.28. The number of aliphatic carboxylic acids is 2. The van der Waals surface area contributed by atoms with E-state index >= 15 is 0 Å². The molecule has 0 radical (unpaired) electrons. The maximum atomic E-state index is 10.6. The van der Waals surface area contributed by atoms with E-state index in [-0.39, 0.29) is 6.61 Å². The number of imidazole rings is 1. The number of thiazole rings is 1. The van der Waals surface area contributed by atoms with Crippen LogP contribution in [-0.4, -0.2) is 78.8 Å². The van der Waals surface area contributed by atoms with E-state index in [0.717, 1.165) is 32.2 Å². The molecular weight excluding hydrogens is 656 g/mol. The van der Waals surface area contributed by atoms with Crippen molar-refractivity contribution in [2.75, 3.05) is 18.5 Å². The average Bonchev–Trinajstić information content (AvgIpc) is 3.56. The summed E-state index contributed by atoms with van der Waals surface area (Å²) < 4.78 is 70.0. The Morgan fingerprint density at radius 2 is 1.63 bits per heavy atom. The zero-order valence-corrected chi connectivity index (χ0v) is 22.5. The van der Waals surface area contributed by atoms with Crippen LogP contribution in [0.15, 0.2) is 52.6 Å². The second kappa shape index (κ2) is 14.6. The number of H-pyrrole nitrogens is 1. The molecule has 19 heteroatoms. The van der Waals surface area contributed by atoms with E-state index in [2.05, 4.69) is 41.2 Å². The summed E-state index contributed by atoms with van der Waals surface area (Å²) in [6.45, 7) is 0.577. The largest absolute Gasteiger partial charge is 0.491 e. The van der Waals surface area contributed by atoms with Gasteiger partial charge < -0.3 is 30.4 Å². The first-order valence-corrected chi connectivity index (χ1v) is 12.4. The molecule has 1 atom stereocenters. The third-order valence-corrected chi connectivity index (χ3v) is 5.44. The minimum Gasteiger partial charge on any atom is -0.491 e. The number of ether oxygens (including phenoxy) is 1. The molecule has 1 aromatic carbocycles. The molecule has 5 N–H and O–H groups in total. The Morgan fingerprint density at radius 3 is 2.15 bits per heavy atom. The highest BCUT2D eigenvalue weighted by atomic mass is 79.9. The highest BCUT2D eigenvalue weighted by Gasteiger charge is 2.38. The van der Waals surface area contributed by atoms with Crippen molar-refractivity contribution < 1.29 is 56.0 Å². The number of aromatic nitrogens is 4. The number of halogens is 7. The lowest BCUT2D eigenvalue weighted by Crippen LogP contribution is -2.26. The van der Waals surface area contributed by atoms with Crippen LogP contribution in [0.1, 0.15) is 0 Å². The topological polar surface area (TPSA) is 171 Å². The fourth-order valence-corrected chi connectivity index (χ4v) is 3.34. The summed E-state index contributed by atoms with van der Waals surface area (Å²) >= 11 is 4.89. The van der Waals surface area contributed by atoms with Crippen molar-refractivity contribution in [1.29, 1.82) is 0 Å². The molecule has 0 amide bonds. The Bertz CT molecular complexity index is 1390. The number of aromatic amines is 1. The number of nitrogens with zero attached hydrogens (tertiary/aromatic N) is 3. The Hall–Kier alpha value is -3.97. The predicted octanol–water partition coefficient (Wildman–Crippen LogP) is 4.96. The summed E-state index contributed by atoms with van der Waals surface area (Å²) in [5, 5.41) is 30.0. The monoisotopic (exact) mass is 673 g/mol. The van der Waals surface area contributed by atoms with E-state index in [0.29, 0.717) is 12.3 Å². The number of carbonyl (C=O) groups is 2. The number of carboxylic acids is 2. The molecule has 0 aliphatic rings. The van der Waals surface area contributed by atoms with Crippen molar-refractivity contribution in [2.24, 2.45) is 0 Å². The van der Waals surface area contributed by atoms with E-state index in [1.54, 1.807) is 12.4 Å². The molecule has 0 aliphatic heterocycles. The molecule has 3 aromatic heterocycles. The van der Waals surface area contributed by atoms with Gasteiger partial charge in [-0.1, -0.05) is 0 Å². The predicted molar refractivity (Wildman–Crippen MR) is 137 cm³/mol. The molecule has 41 heavy (non-hydrogen) atoms. The highest BCUT2D eigenvalue weighted by molar-refractivity contribution is 9.10. The van der Waals surface area contributed by atoms with Gasteiger partial charge in [-0.2, -0.15) is 26.3 Å². The van der Waals surface area contributed by atoms with E-state index in [4.69, 9.17) is 24.5 Å². The van der Waals surface area contributed by atoms with Crippen LogP contribution in [0.3, 0.4) is 0 Å². The van der Waals surface area contributed by atoms with Gasteiger partial charge in [0.1, 0.15) is 29.8 Å². The van der Waals surface area contributed by atoms with Crippen molar-refractivity contribution in [3.63, 3.8) is 0 Å². The van der Waals surface area contributed by atoms with Crippen LogP contribution in [0.2, 0.25) is 0 Å². The number of alkyl halides is 6. The number of hydrogen-bond acceptors (Lipinski definition) is 9. The van der Waals surface area contributed by atoms with Crippen molar-refractivity contribution in [1.82, 2.24) is 19.9 Å². The molecule has 0 saturated carbocycles. The maximum Gasteiger partial charge on any atom is 0.490 e. The van der Waals surface area contributed by atoms with Crippen molar-refractivity contribution in [3.05, 3.63) is 52.6 Å². The molecule has 0 bridgehead atoms. The Kier molecular flexibility index (Phi) is 11.8. The molecule has 3 heterocycles. The zero-order chi connectivity index (χ0) is 30.8. The first-order valence-electron chi connectivity index (χ1n) is 10.7. The van der Waals surface area contributed by atoms with E-state index < -0.39 is 30.4 Å². The van der Waals surface area contributed by atoms with Gasteiger partial charge in [-0.3, -0.25) is 0 Å². The van der Waals surface area contributed by atoms with Gasteiger partial charge in [-0.25, -0.2) is 24.5 Å². The van der Waals surface area contributed by atoms with Crippen LogP contribution in [-0.2, 0) is 9.59 Å². The molecule has 1 unspecified atom stereocenters. The van der Waals surface area contributed by atoms with Crippen LogP contribution < -0.4 is 10.1 Å². The van der Waals surface area contributed by atoms with Gasteiger partial charge in [-0.05, 0) is 46.3 Å². The normalized spacial score (nSPS) is 11.9. The maximum absolute atomic E-state index is 10.6. The second-order valence-corrected chi connectivity index (χ2v) is 9.23. The summed E-state index contributed by atoms with van der Waals surface area (Å²) in [5.41, 5.74) is 2.47. The van der Waals surface area contributed by atoms with Gasteiger partial charge in [0.2, 0.25) is 0 Å².